The first-order valence-corrected chi connectivity index (χ1v) is 10.4. The summed E-state index contributed by atoms with van der Waals surface area (Å²) in [5.41, 5.74) is 0.979. The molecule has 0 unspecified atom stereocenters. The van der Waals surface area contributed by atoms with E-state index < -0.39 is 9.84 Å². The van der Waals surface area contributed by atoms with Crippen molar-refractivity contribution in [2.75, 3.05) is 18.1 Å². The zero-order valence-electron chi connectivity index (χ0n) is 13.7. The minimum absolute atomic E-state index is 0.0559. The highest BCUT2D eigenvalue weighted by Gasteiger charge is 2.32. The molecule has 1 aromatic heterocycles. The molecule has 1 fully saturated rings. The van der Waals surface area contributed by atoms with Gasteiger partial charge in [-0.15, -0.1) is 0 Å². The summed E-state index contributed by atoms with van der Waals surface area (Å²) in [6.45, 7) is 3.46. The van der Waals surface area contributed by atoms with Crippen LogP contribution < -0.4 is 0 Å². The van der Waals surface area contributed by atoms with Gasteiger partial charge in [0.15, 0.2) is 15.7 Å². The van der Waals surface area contributed by atoms with Gasteiger partial charge in [0.1, 0.15) is 0 Å². The number of nitrogens with zero attached hydrogens (tertiary/aromatic N) is 3. The van der Waals surface area contributed by atoms with Crippen LogP contribution in [-0.4, -0.2) is 52.2 Å². The average Bonchev–Trinajstić information content (AvgIpc) is 3.10. The van der Waals surface area contributed by atoms with E-state index in [1.807, 2.05) is 35.0 Å². The van der Waals surface area contributed by atoms with Gasteiger partial charge in [0.25, 0.3) is 0 Å². The number of sulfone groups is 1. The average molecular weight is 367 g/mol. The Morgan fingerprint density at radius 1 is 1.38 bits per heavy atom. The van der Waals surface area contributed by atoms with Crippen molar-refractivity contribution in [3.8, 4) is 11.4 Å². The second-order valence-electron chi connectivity index (χ2n) is 6.16. The van der Waals surface area contributed by atoms with Crippen molar-refractivity contribution < 1.29 is 8.42 Å². The molecule has 24 heavy (non-hydrogen) atoms. The zero-order chi connectivity index (χ0) is 17.2. The highest BCUT2D eigenvalue weighted by Crippen LogP contribution is 2.20. The molecule has 2 heterocycles. The highest BCUT2D eigenvalue weighted by atomic mass is 32.2. The molecule has 1 aliphatic rings. The molecular weight excluding hydrogens is 344 g/mol. The molecule has 1 N–H and O–H groups in total. The SMILES string of the molecule is CCCN(Cn1[nH]c(-c2ccccc2)nc1=S)[C@H]1CCS(=O)(=O)C1. The van der Waals surface area contributed by atoms with Crippen LogP contribution in [0, 0.1) is 4.77 Å². The van der Waals surface area contributed by atoms with Gasteiger partial charge in [0, 0.05) is 11.6 Å². The summed E-state index contributed by atoms with van der Waals surface area (Å²) in [6, 6.07) is 9.88. The van der Waals surface area contributed by atoms with Crippen LogP contribution in [0.1, 0.15) is 19.8 Å². The number of aromatic amines is 1. The van der Waals surface area contributed by atoms with Crippen LogP contribution in [-0.2, 0) is 16.5 Å². The highest BCUT2D eigenvalue weighted by molar-refractivity contribution is 7.91. The van der Waals surface area contributed by atoms with E-state index in [1.165, 1.54) is 0 Å². The summed E-state index contributed by atoms with van der Waals surface area (Å²) in [7, 11) is -2.90. The fourth-order valence-corrected chi connectivity index (χ4v) is 5.03. The number of benzene rings is 1. The van der Waals surface area contributed by atoms with Gasteiger partial charge in [0.05, 0.1) is 18.2 Å². The van der Waals surface area contributed by atoms with Crippen molar-refractivity contribution >= 4 is 22.1 Å². The maximum atomic E-state index is 11.8. The van der Waals surface area contributed by atoms with Crippen LogP contribution in [0.3, 0.4) is 0 Å². The Balaban J connectivity index is 1.81. The third kappa shape index (κ3) is 3.93. The van der Waals surface area contributed by atoms with Gasteiger partial charge in [-0.05, 0) is 31.6 Å². The van der Waals surface area contributed by atoms with Crippen molar-refractivity contribution in [1.82, 2.24) is 19.7 Å². The Labute approximate surface area is 147 Å². The summed E-state index contributed by atoms with van der Waals surface area (Å²) >= 11 is 5.37. The van der Waals surface area contributed by atoms with Gasteiger partial charge in [-0.2, -0.15) is 4.98 Å². The molecule has 0 amide bonds. The second kappa shape index (κ2) is 7.16. The van der Waals surface area contributed by atoms with Crippen LogP contribution in [0.2, 0.25) is 0 Å². The van der Waals surface area contributed by atoms with Crippen molar-refractivity contribution in [2.24, 2.45) is 0 Å². The molecule has 130 valence electrons. The standard InChI is InChI=1S/C16H22N4O2S2/c1-2-9-19(14-8-10-24(21,22)11-14)12-20-16(23)17-15(18-20)13-6-4-3-5-7-13/h3-7,14H,2,8-12H2,1H3,(H,17,18,23)/t14-/m0/s1. The van der Waals surface area contributed by atoms with Gasteiger partial charge < -0.3 is 0 Å². The molecule has 8 heteroatoms. The minimum atomic E-state index is -2.90. The Morgan fingerprint density at radius 3 is 2.75 bits per heavy atom. The van der Waals surface area contributed by atoms with Gasteiger partial charge >= 0.3 is 0 Å². The maximum Gasteiger partial charge on any atom is 0.217 e. The normalized spacial score (nSPS) is 19.8. The first kappa shape index (κ1) is 17.3. The van der Waals surface area contributed by atoms with Crippen LogP contribution in [0.5, 0.6) is 0 Å². The third-order valence-corrected chi connectivity index (χ3v) is 6.35. The number of aromatic nitrogens is 3. The molecule has 3 rings (SSSR count). The molecule has 0 aliphatic carbocycles. The van der Waals surface area contributed by atoms with Crippen molar-refractivity contribution in [1.29, 1.82) is 0 Å². The summed E-state index contributed by atoms with van der Waals surface area (Å²) in [6.07, 6.45) is 1.65. The lowest BCUT2D eigenvalue weighted by Crippen LogP contribution is -2.38. The first-order chi connectivity index (χ1) is 11.5. The second-order valence-corrected chi connectivity index (χ2v) is 8.75. The molecular formula is C16H22N4O2S2. The number of H-pyrrole nitrogens is 1. The van der Waals surface area contributed by atoms with Crippen LogP contribution >= 0.6 is 12.2 Å². The lowest BCUT2D eigenvalue weighted by Gasteiger charge is -2.27. The van der Waals surface area contributed by atoms with Gasteiger partial charge in [-0.3, -0.25) is 10.00 Å². The molecule has 0 saturated carbocycles. The van der Waals surface area contributed by atoms with E-state index >= 15 is 0 Å². The van der Waals surface area contributed by atoms with E-state index in [0.29, 0.717) is 17.9 Å². The van der Waals surface area contributed by atoms with E-state index in [-0.39, 0.29) is 17.5 Å². The molecule has 6 nitrogen and oxygen atoms in total. The maximum absolute atomic E-state index is 11.8. The Hall–Kier alpha value is -1.51. The van der Waals surface area contributed by atoms with Crippen molar-refractivity contribution in [3.05, 3.63) is 35.1 Å². The molecule has 0 radical (unpaired) electrons. The smallest absolute Gasteiger partial charge is 0.217 e. The van der Waals surface area contributed by atoms with E-state index in [0.717, 1.165) is 24.4 Å². The minimum Gasteiger partial charge on any atom is -0.280 e. The van der Waals surface area contributed by atoms with Crippen molar-refractivity contribution in [2.45, 2.75) is 32.5 Å². The quantitative estimate of drug-likeness (QED) is 0.795. The largest absolute Gasteiger partial charge is 0.280 e. The third-order valence-electron chi connectivity index (χ3n) is 4.29. The molecule has 1 aliphatic heterocycles. The Kier molecular flexibility index (Phi) is 5.17. The molecule has 1 atom stereocenters. The van der Waals surface area contributed by atoms with Crippen LogP contribution in [0.25, 0.3) is 11.4 Å². The zero-order valence-corrected chi connectivity index (χ0v) is 15.3. The molecule has 0 spiro atoms. The predicted octanol–water partition coefficient (Wildman–Crippen LogP) is 2.46. The van der Waals surface area contributed by atoms with Gasteiger partial charge in [0.2, 0.25) is 4.77 Å². The number of rotatable bonds is 6. The monoisotopic (exact) mass is 366 g/mol. The van der Waals surface area contributed by atoms with E-state index in [9.17, 15) is 8.42 Å². The molecule has 2 aromatic rings. The summed E-state index contributed by atoms with van der Waals surface area (Å²) < 4.78 is 25.9. The van der Waals surface area contributed by atoms with Gasteiger partial charge in [-0.1, -0.05) is 37.3 Å². The topological polar surface area (TPSA) is 71.0 Å². The fraction of sp³-hybridized carbons (Fsp3) is 0.500. The fourth-order valence-electron chi connectivity index (χ4n) is 3.08. The molecule has 0 bridgehead atoms. The number of hydrogen-bond donors (Lipinski definition) is 1. The molecule has 1 saturated heterocycles. The first-order valence-electron chi connectivity index (χ1n) is 8.15. The van der Waals surface area contributed by atoms with Crippen LogP contribution in [0.15, 0.2) is 30.3 Å². The summed E-state index contributed by atoms with van der Waals surface area (Å²) in [4.78, 5) is 6.61. The Bertz CT molecular complexity index is 842. The van der Waals surface area contributed by atoms with Crippen LogP contribution in [0.4, 0.5) is 0 Å². The van der Waals surface area contributed by atoms with E-state index in [2.05, 4.69) is 21.9 Å². The molecule has 1 aromatic carbocycles. The van der Waals surface area contributed by atoms with E-state index in [1.54, 1.807) is 0 Å². The summed E-state index contributed by atoms with van der Waals surface area (Å²) in [5, 5.41) is 3.24. The predicted molar refractivity (Wildman–Crippen MR) is 96.9 cm³/mol. The Morgan fingerprint density at radius 2 is 2.12 bits per heavy atom. The lowest BCUT2D eigenvalue weighted by molar-refractivity contribution is 0.155. The number of hydrogen-bond acceptors (Lipinski definition) is 5. The summed E-state index contributed by atoms with van der Waals surface area (Å²) in [5.74, 6) is 1.25. The number of nitrogens with one attached hydrogen (secondary N) is 1. The van der Waals surface area contributed by atoms with E-state index in [4.69, 9.17) is 12.2 Å². The lowest BCUT2D eigenvalue weighted by atomic mass is 10.2. The van der Waals surface area contributed by atoms with Crippen molar-refractivity contribution in [3.63, 3.8) is 0 Å². The van der Waals surface area contributed by atoms with Gasteiger partial charge in [-0.25, -0.2) is 13.1 Å².